The highest BCUT2D eigenvalue weighted by atomic mass is 79.9. The van der Waals surface area contributed by atoms with Crippen molar-refractivity contribution in [3.8, 4) is 0 Å². The van der Waals surface area contributed by atoms with Crippen molar-refractivity contribution in [2.75, 3.05) is 12.3 Å². The van der Waals surface area contributed by atoms with Crippen molar-refractivity contribution in [3.05, 3.63) is 27.2 Å². The summed E-state index contributed by atoms with van der Waals surface area (Å²) < 4.78 is 6.67. The molecule has 2 heterocycles. The van der Waals surface area contributed by atoms with Gasteiger partial charge in [-0.2, -0.15) is 4.98 Å². The summed E-state index contributed by atoms with van der Waals surface area (Å²) in [7, 11) is 0. The molecule has 3 atom stereocenters. The van der Waals surface area contributed by atoms with Crippen LogP contribution in [0.3, 0.4) is 0 Å². The summed E-state index contributed by atoms with van der Waals surface area (Å²) in [6.45, 7) is -0.303. The summed E-state index contributed by atoms with van der Waals surface area (Å²) in [6, 6.07) is 0. The lowest BCUT2D eigenvalue weighted by atomic mass is 10.2. The molecular formula is C11H14BrN3O4. The van der Waals surface area contributed by atoms with E-state index < -0.39 is 24.1 Å². The third kappa shape index (κ3) is 2.86. The van der Waals surface area contributed by atoms with Crippen molar-refractivity contribution < 1.29 is 14.9 Å². The van der Waals surface area contributed by atoms with Gasteiger partial charge in [0.1, 0.15) is 18.1 Å². The highest BCUT2D eigenvalue weighted by molar-refractivity contribution is 9.11. The van der Waals surface area contributed by atoms with Crippen LogP contribution < -0.4 is 11.4 Å². The fourth-order valence-corrected chi connectivity index (χ4v) is 2.23. The van der Waals surface area contributed by atoms with E-state index >= 15 is 0 Å². The molecule has 4 N–H and O–H groups in total. The van der Waals surface area contributed by atoms with E-state index in [9.17, 15) is 9.90 Å². The molecular weight excluding hydrogens is 318 g/mol. The number of rotatable bonds is 3. The van der Waals surface area contributed by atoms with Crippen LogP contribution in [0.15, 0.2) is 16.0 Å². The monoisotopic (exact) mass is 331 g/mol. The zero-order chi connectivity index (χ0) is 14.0. The molecule has 0 saturated carbocycles. The highest BCUT2D eigenvalue weighted by Crippen LogP contribution is 2.27. The average molecular weight is 332 g/mol. The predicted octanol–water partition coefficient (Wildman–Crippen LogP) is -0.168. The van der Waals surface area contributed by atoms with Crippen molar-refractivity contribution in [3.63, 3.8) is 0 Å². The van der Waals surface area contributed by atoms with Gasteiger partial charge in [0, 0.05) is 18.2 Å². The first-order valence-electron chi connectivity index (χ1n) is 5.66. The fraction of sp³-hybridized carbons (Fsp3) is 0.455. The Labute approximate surface area is 117 Å². The first kappa shape index (κ1) is 14.2. The van der Waals surface area contributed by atoms with Crippen molar-refractivity contribution >= 4 is 27.8 Å². The Balaban J connectivity index is 2.35. The van der Waals surface area contributed by atoms with Crippen LogP contribution in [0.1, 0.15) is 18.2 Å². The smallest absolute Gasteiger partial charge is 0.351 e. The van der Waals surface area contributed by atoms with E-state index in [1.54, 1.807) is 11.1 Å². The molecule has 1 saturated heterocycles. The number of aliphatic hydroxyl groups is 2. The first-order chi connectivity index (χ1) is 9.06. The Kier molecular flexibility index (Phi) is 4.35. The molecule has 0 aliphatic carbocycles. The fourth-order valence-electron chi connectivity index (χ4n) is 1.95. The number of nitrogens with two attached hydrogens (primary N) is 1. The third-order valence-electron chi connectivity index (χ3n) is 2.95. The molecule has 2 rings (SSSR count). The van der Waals surface area contributed by atoms with E-state index in [1.807, 2.05) is 0 Å². The average Bonchev–Trinajstić information content (AvgIpc) is 2.74. The van der Waals surface area contributed by atoms with Crippen LogP contribution in [0.4, 0.5) is 5.82 Å². The lowest BCUT2D eigenvalue weighted by molar-refractivity contribution is -0.0458. The molecule has 1 aliphatic rings. The van der Waals surface area contributed by atoms with Gasteiger partial charge < -0.3 is 20.7 Å². The van der Waals surface area contributed by atoms with Crippen LogP contribution >= 0.6 is 15.9 Å². The lowest BCUT2D eigenvalue weighted by Gasteiger charge is -2.15. The molecule has 0 aromatic carbocycles. The van der Waals surface area contributed by atoms with E-state index in [0.29, 0.717) is 5.56 Å². The first-order valence-corrected chi connectivity index (χ1v) is 6.58. The molecule has 104 valence electrons. The summed E-state index contributed by atoms with van der Waals surface area (Å²) in [5, 5.41) is 18.7. The van der Waals surface area contributed by atoms with Crippen molar-refractivity contribution in [1.82, 2.24) is 9.55 Å². The van der Waals surface area contributed by atoms with Gasteiger partial charge in [0.05, 0.1) is 12.7 Å². The molecule has 7 nitrogen and oxygen atoms in total. The van der Waals surface area contributed by atoms with Gasteiger partial charge in [-0.05, 0) is 11.1 Å². The molecule has 0 amide bonds. The molecule has 1 unspecified atom stereocenters. The van der Waals surface area contributed by atoms with E-state index in [0.717, 1.165) is 0 Å². The molecule has 8 heteroatoms. The number of hydrogen-bond acceptors (Lipinski definition) is 6. The van der Waals surface area contributed by atoms with Gasteiger partial charge in [-0.1, -0.05) is 15.9 Å². The highest BCUT2D eigenvalue weighted by Gasteiger charge is 2.35. The maximum Gasteiger partial charge on any atom is 0.351 e. The van der Waals surface area contributed by atoms with Gasteiger partial charge >= 0.3 is 5.69 Å². The van der Waals surface area contributed by atoms with E-state index in [-0.39, 0.29) is 18.8 Å². The topological polar surface area (TPSA) is 111 Å². The van der Waals surface area contributed by atoms with Crippen molar-refractivity contribution in [1.29, 1.82) is 0 Å². The Hall–Kier alpha value is -1.22. The zero-order valence-electron chi connectivity index (χ0n) is 9.94. The van der Waals surface area contributed by atoms with E-state index in [2.05, 4.69) is 20.9 Å². The summed E-state index contributed by atoms with van der Waals surface area (Å²) in [6.07, 6.45) is 1.22. The maximum absolute atomic E-state index is 11.8. The predicted molar refractivity (Wildman–Crippen MR) is 72.5 cm³/mol. The van der Waals surface area contributed by atoms with E-state index in [1.165, 1.54) is 10.8 Å². The third-order valence-corrected chi connectivity index (χ3v) is 3.21. The molecule has 1 aromatic heterocycles. The standard InChI is InChI=1S/C11H14BrN3O4/c12-2-1-6-4-15(11(18)14-10(6)13)9-3-7(17)8(5-16)19-9/h1-2,4,7-9,16-17H,3,5H2,(H2,13,14,18)/t7?,8-,9-/m1/s1. The summed E-state index contributed by atoms with van der Waals surface area (Å²) in [4.78, 5) is 17.1. The second-order valence-electron chi connectivity index (χ2n) is 4.18. The quantitative estimate of drug-likeness (QED) is 0.709. The van der Waals surface area contributed by atoms with Crippen LogP contribution in [0.25, 0.3) is 6.08 Å². The molecule has 0 radical (unpaired) electrons. The van der Waals surface area contributed by atoms with Gasteiger partial charge in [-0.3, -0.25) is 4.57 Å². The Bertz CT molecular complexity index is 545. The number of anilines is 1. The molecule has 0 bridgehead atoms. The van der Waals surface area contributed by atoms with Gasteiger partial charge in [0.2, 0.25) is 0 Å². The Morgan fingerprint density at radius 1 is 1.68 bits per heavy atom. The Morgan fingerprint density at radius 3 is 3.00 bits per heavy atom. The molecule has 0 spiro atoms. The lowest BCUT2D eigenvalue weighted by Crippen LogP contribution is -2.28. The minimum atomic E-state index is -0.811. The van der Waals surface area contributed by atoms with Crippen molar-refractivity contribution in [2.24, 2.45) is 0 Å². The number of aromatic nitrogens is 2. The van der Waals surface area contributed by atoms with Crippen LogP contribution in [0.2, 0.25) is 0 Å². The number of halogens is 1. The number of nitrogens with zero attached hydrogens (tertiary/aromatic N) is 2. The normalized spacial score (nSPS) is 27.2. The molecule has 1 fully saturated rings. The van der Waals surface area contributed by atoms with Gasteiger partial charge in [-0.25, -0.2) is 4.79 Å². The maximum atomic E-state index is 11.8. The zero-order valence-corrected chi connectivity index (χ0v) is 11.5. The Morgan fingerprint density at radius 2 is 2.42 bits per heavy atom. The largest absolute Gasteiger partial charge is 0.394 e. The number of nitrogen functional groups attached to an aromatic ring is 1. The van der Waals surface area contributed by atoms with Gasteiger partial charge in [0.25, 0.3) is 0 Å². The van der Waals surface area contributed by atoms with E-state index in [4.69, 9.17) is 15.6 Å². The molecule has 1 aliphatic heterocycles. The van der Waals surface area contributed by atoms with Gasteiger partial charge in [0.15, 0.2) is 0 Å². The minimum Gasteiger partial charge on any atom is -0.394 e. The van der Waals surface area contributed by atoms with Crippen LogP contribution in [-0.4, -0.2) is 38.6 Å². The number of aliphatic hydroxyl groups excluding tert-OH is 2. The van der Waals surface area contributed by atoms with Crippen LogP contribution in [-0.2, 0) is 4.74 Å². The number of ether oxygens (including phenoxy) is 1. The summed E-state index contributed by atoms with van der Waals surface area (Å²) in [5.41, 5.74) is 5.63. The summed E-state index contributed by atoms with van der Waals surface area (Å²) >= 11 is 3.12. The van der Waals surface area contributed by atoms with Crippen molar-refractivity contribution in [2.45, 2.75) is 24.9 Å². The van der Waals surface area contributed by atoms with Gasteiger partial charge in [-0.15, -0.1) is 0 Å². The molecule has 19 heavy (non-hydrogen) atoms. The minimum absolute atomic E-state index is 0.120. The second kappa shape index (κ2) is 5.83. The SMILES string of the molecule is Nc1nc(=O)n([C@H]2CC(O)[C@@H](CO)O2)cc1C=CBr. The van der Waals surface area contributed by atoms with Crippen LogP contribution in [0, 0.1) is 0 Å². The second-order valence-corrected chi connectivity index (χ2v) is 4.71. The van der Waals surface area contributed by atoms with Crippen LogP contribution in [0.5, 0.6) is 0 Å². The number of hydrogen-bond donors (Lipinski definition) is 3. The summed E-state index contributed by atoms with van der Waals surface area (Å²) in [5.74, 6) is 0.120. The molecule has 1 aromatic rings.